The number of hydrogen-bond acceptors (Lipinski definition) is 4. The van der Waals surface area contributed by atoms with E-state index in [0.29, 0.717) is 43.3 Å². The molecule has 2 rings (SSSR count). The highest BCUT2D eigenvalue weighted by Gasteiger charge is 2.29. The van der Waals surface area contributed by atoms with Gasteiger partial charge in [-0.15, -0.1) is 0 Å². The Morgan fingerprint density at radius 3 is 2.60 bits per heavy atom. The molecule has 0 aliphatic carbocycles. The van der Waals surface area contributed by atoms with Gasteiger partial charge in [-0.1, -0.05) is 11.6 Å². The van der Waals surface area contributed by atoms with Crippen LogP contribution >= 0.6 is 11.6 Å². The minimum atomic E-state index is -0.168. The van der Waals surface area contributed by atoms with Crippen molar-refractivity contribution in [2.75, 3.05) is 19.7 Å². The largest absolute Gasteiger partial charge is 0.466 e. The van der Waals surface area contributed by atoms with Crippen LogP contribution in [0.25, 0.3) is 0 Å². The summed E-state index contributed by atoms with van der Waals surface area (Å²) < 4.78 is 6.47. The molecule has 0 atom stereocenters. The van der Waals surface area contributed by atoms with Crippen LogP contribution in [0.1, 0.15) is 30.1 Å². The predicted molar refractivity (Wildman–Crippen MR) is 73.5 cm³/mol. The highest BCUT2D eigenvalue weighted by Crippen LogP contribution is 2.22. The molecule has 1 aromatic rings. The topological polar surface area (TPSA) is 64.4 Å². The quantitative estimate of drug-likeness (QED) is 0.793. The van der Waals surface area contributed by atoms with Crippen LogP contribution in [-0.2, 0) is 16.6 Å². The van der Waals surface area contributed by atoms with E-state index in [1.807, 2.05) is 0 Å². The van der Waals surface area contributed by atoms with Crippen molar-refractivity contribution in [3.05, 3.63) is 16.9 Å². The number of aryl methyl sites for hydroxylation is 1. The van der Waals surface area contributed by atoms with Crippen LogP contribution in [0.5, 0.6) is 0 Å². The number of hydrogen-bond donors (Lipinski definition) is 0. The van der Waals surface area contributed by atoms with Crippen molar-refractivity contribution < 1.29 is 14.3 Å². The van der Waals surface area contributed by atoms with Crippen LogP contribution in [0.4, 0.5) is 0 Å². The van der Waals surface area contributed by atoms with Crippen molar-refractivity contribution in [3.63, 3.8) is 0 Å². The Kier molecular flexibility index (Phi) is 4.65. The van der Waals surface area contributed by atoms with Gasteiger partial charge in [0.1, 0.15) is 5.15 Å². The summed E-state index contributed by atoms with van der Waals surface area (Å²) >= 11 is 6.02. The number of likely N-dealkylation sites (tertiary alicyclic amines) is 1. The van der Waals surface area contributed by atoms with Crippen molar-refractivity contribution in [2.24, 2.45) is 13.0 Å². The molecule has 110 valence electrons. The van der Waals surface area contributed by atoms with Crippen LogP contribution in [0.3, 0.4) is 0 Å². The van der Waals surface area contributed by atoms with E-state index in [1.165, 1.54) is 10.9 Å². The van der Waals surface area contributed by atoms with Crippen molar-refractivity contribution in [1.29, 1.82) is 0 Å². The molecule has 0 spiro atoms. The van der Waals surface area contributed by atoms with E-state index >= 15 is 0 Å². The fourth-order valence-electron chi connectivity index (χ4n) is 2.31. The first-order chi connectivity index (χ1) is 9.54. The van der Waals surface area contributed by atoms with E-state index in [9.17, 15) is 9.59 Å². The van der Waals surface area contributed by atoms with Crippen molar-refractivity contribution >= 4 is 23.5 Å². The number of ether oxygens (including phenoxy) is 1. The number of aromatic nitrogens is 2. The first-order valence-corrected chi connectivity index (χ1v) is 7.05. The number of halogens is 1. The lowest BCUT2D eigenvalue weighted by molar-refractivity contribution is -0.149. The van der Waals surface area contributed by atoms with Gasteiger partial charge >= 0.3 is 5.97 Å². The van der Waals surface area contributed by atoms with Crippen LogP contribution in [0.2, 0.25) is 5.15 Å². The molecular formula is C13H18ClN3O3. The van der Waals surface area contributed by atoms with Gasteiger partial charge in [-0.05, 0) is 19.8 Å². The third-order valence-corrected chi connectivity index (χ3v) is 3.95. The molecule has 0 saturated carbocycles. The minimum Gasteiger partial charge on any atom is -0.466 e. The van der Waals surface area contributed by atoms with Gasteiger partial charge in [0.15, 0.2) is 0 Å². The molecule has 0 N–H and O–H groups in total. The highest BCUT2D eigenvalue weighted by molar-refractivity contribution is 6.32. The lowest BCUT2D eigenvalue weighted by Gasteiger charge is -2.30. The molecule has 7 heteroatoms. The summed E-state index contributed by atoms with van der Waals surface area (Å²) in [5, 5.41) is 4.30. The van der Waals surface area contributed by atoms with Crippen molar-refractivity contribution in [3.8, 4) is 0 Å². The first-order valence-electron chi connectivity index (χ1n) is 6.68. The maximum Gasteiger partial charge on any atom is 0.309 e. The minimum absolute atomic E-state index is 0.108. The van der Waals surface area contributed by atoms with Crippen LogP contribution in [0.15, 0.2) is 6.20 Å². The zero-order chi connectivity index (χ0) is 14.7. The van der Waals surface area contributed by atoms with Gasteiger partial charge in [-0.25, -0.2) is 0 Å². The van der Waals surface area contributed by atoms with E-state index < -0.39 is 0 Å². The number of rotatable bonds is 3. The zero-order valence-corrected chi connectivity index (χ0v) is 12.4. The average molecular weight is 300 g/mol. The Morgan fingerprint density at radius 2 is 2.10 bits per heavy atom. The zero-order valence-electron chi connectivity index (χ0n) is 11.6. The summed E-state index contributed by atoms with van der Waals surface area (Å²) in [6, 6.07) is 0. The molecule has 6 nitrogen and oxygen atoms in total. The third-order valence-electron chi connectivity index (χ3n) is 3.50. The van der Waals surface area contributed by atoms with Crippen LogP contribution < -0.4 is 0 Å². The fourth-order valence-corrected chi connectivity index (χ4v) is 2.49. The molecule has 1 saturated heterocycles. The number of piperidine rings is 1. The number of amides is 1. The van der Waals surface area contributed by atoms with Gasteiger partial charge in [-0.3, -0.25) is 14.3 Å². The standard InChI is InChI=1S/C13H18ClN3O3/c1-3-20-13(19)9-4-6-17(7-5-9)12(18)10-8-15-16(2)11(10)14/h8-9H,3-7H2,1-2H3. The summed E-state index contributed by atoms with van der Waals surface area (Å²) in [4.78, 5) is 25.7. The van der Waals surface area contributed by atoms with Crippen molar-refractivity contribution in [2.45, 2.75) is 19.8 Å². The molecule has 0 bridgehead atoms. The Hall–Kier alpha value is -1.56. The molecule has 0 aromatic carbocycles. The molecule has 1 fully saturated rings. The van der Waals surface area contributed by atoms with Crippen LogP contribution in [0, 0.1) is 5.92 Å². The Bertz CT molecular complexity index is 507. The molecule has 1 aliphatic heterocycles. The SMILES string of the molecule is CCOC(=O)C1CCN(C(=O)c2cnn(C)c2Cl)CC1. The second-order valence-electron chi connectivity index (χ2n) is 4.79. The Labute approximate surface area is 122 Å². The summed E-state index contributed by atoms with van der Waals surface area (Å²) in [7, 11) is 1.69. The Balaban J connectivity index is 1.95. The summed E-state index contributed by atoms with van der Waals surface area (Å²) in [5.41, 5.74) is 0.406. The van der Waals surface area contributed by atoms with E-state index in [2.05, 4.69) is 5.10 Å². The molecule has 20 heavy (non-hydrogen) atoms. The predicted octanol–water partition coefficient (Wildman–Crippen LogP) is 1.49. The lowest BCUT2D eigenvalue weighted by atomic mass is 9.96. The maximum absolute atomic E-state index is 12.3. The average Bonchev–Trinajstić information content (AvgIpc) is 2.79. The molecular weight excluding hydrogens is 282 g/mol. The molecule has 1 aromatic heterocycles. The van der Waals surface area contributed by atoms with Gasteiger partial charge in [0.2, 0.25) is 0 Å². The van der Waals surface area contributed by atoms with Gasteiger partial charge in [0, 0.05) is 20.1 Å². The maximum atomic E-state index is 12.3. The summed E-state index contributed by atoms with van der Waals surface area (Å²) in [6.07, 6.45) is 2.73. The van der Waals surface area contributed by atoms with E-state index in [0.717, 1.165) is 0 Å². The monoisotopic (exact) mass is 299 g/mol. The van der Waals surface area contributed by atoms with Gasteiger partial charge in [0.05, 0.1) is 24.3 Å². The van der Waals surface area contributed by atoms with E-state index in [4.69, 9.17) is 16.3 Å². The molecule has 1 aliphatic rings. The lowest BCUT2D eigenvalue weighted by Crippen LogP contribution is -2.40. The third kappa shape index (κ3) is 2.95. The van der Waals surface area contributed by atoms with Gasteiger partial charge in [0.25, 0.3) is 5.91 Å². The first kappa shape index (κ1) is 14.8. The van der Waals surface area contributed by atoms with Crippen molar-refractivity contribution in [1.82, 2.24) is 14.7 Å². The highest BCUT2D eigenvalue weighted by atomic mass is 35.5. The van der Waals surface area contributed by atoms with E-state index in [1.54, 1.807) is 18.9 Å². The Morgan fingerprint density at radius 1 is 1.45 bits per heavy atom. The number of nitrogens with zero attached hydrogens (tertiary/aromatic N) is 3. The van der Waals surface area contributed by atoms with Crippen LogP contribution in [-0.4, -0.2) is 46.3 Å². The molecule has 1 amide bonds. The number of carbonyl (C=O) groups excluding carboxylic acids is 2. The second-order valence-corrected chi connectivity index (χ2v) is 5.15. The van der Waals surface area contributed by atoms with E-state index in [-0.39, 0.29) is 17.8 Å². The molecule has 0 radical (unpaired) electrons. The summed E-state index contributed by atoms with van der Waals surface area (Å²) in [6.45, 7) is 3.26. The number of esters is 1. The normalized spacial score (nSPS) is 16.2. The fraction of sp³-hybridized carbons (Fsp3) is 0.615. The van der Waals surface area contributed by atoms with Gasteiger partial charge < -0.3 is 9.64 Å². The second kappa shape index (κ2) is 6.26. The number of carbonyl (C=O) groups is 2. The smallest absolute Gasteiger partial charge is 0.309 e. The molecule has 0 unspecified atom stereocenters. The molecule has 2 heterocycles. The summed E-state index contributed by atoms with van der Waals surface area (Å²) in [5.74, 6) is -0.409. The van der Waals surface area contributed by atoms with Gasteiger partial charge in [-0.2, -0.15) is 5.10 Å².